The number of piperidine rings is 1. The number of hydrogen-bond acceptors (Lipinski definition) is 10. The molecule has 0 aliphatic carbocycles. The predicted molar refractivity (Wildman–Crippen MR) is 193 cm³/mol. The number of rotatable bonds is 7. The van der Waals surface area contributed by atoms with Crippen LogP contribution in [0.2, 0.25) is 0 Å². The lowest BCUT2D eigenvalue weighted by Crippen LogP contribution is -2.54. The highest BCUT2D eigenvalue weighted by atomic mass is 19.1. The van der Waals surface area contributed by atoms with Crippen LogP contribution in [0.1, 0.15) is 63.6 Å². The SMILES string of the molecule is O=C1CCC(N2C(=O)c3ccc(CN4CCN(c5cccc(-c6cnc7ccc(N8CCCC8c8cccc(F)c8)nn67)n5)CC4)cc3C2=O)C(=O)N1. The van der Waals surface area contributed by atoms with Crippen molar-refractivity contribution in [3.63, 3.8) is 0 Å². The van der Waals surface area contributed by atoms with E-state index in [4.69, 9.17) is 10.1 Å². The first kappa shape index (κ1) is 32.9. The number of anilines is 2. The number of aromatic nitrogens is 4. The molecule has 0 saturated carbocycles. The number of benzene rings is 2. The van der Waals surface area contributed by atoms with Gasteiger partial charge in [0.25, 0.3) is 11.8 Å². The fourth-order valence-electron chi connectivity index (χ4n) is 8.04. The number of nitrogens with one attached hydrogen (secondary N) is 1. The van der Waals surface area contributed by atoms with Crippen LogP contribution in [-0.4, -0.2) is 91.8 Å². The first-order valence-corrected chi connectivity index (χ1v) is 18.0. The molecule has 1 N–H and O–H groups in total. The molecular weight excluding hydrogens is 677 g/mol. The molecule has 2 aromatic carbocycles. The zero-order chi connectivity index (χ0) is 36.2. The Balaban J connectivity index is 0.872. The normalized spacial score (nSPS) is 20.8. The molecule has 0 spiro atoms. The Morgan fingerprint density at radius 1 is 0.792 bits per heavy atom. The topological polar surface area (TPSA) is 136 Å². The van der Waals surface area contributed by atoms with E-state index in [9.17, 15) is 23.6 Å². The summed E-state index contributed by atoms with van der Waals surface area (Å²) in [6.45, 7) is 4.45. The van der Waals surface area contributed by atoms with E-state index < -0.39 is 29.7 Å². The van der Waals surface area contributed by atoms with Crippen molar-refractivity contribution >= 4 is 40.9 Å². The Kier molecular flexibility index (Phi) is 8.18. The minimum Gasteiger partial charge on any atom is -0.354 e. The molecule has 0 bridgehead atoms. The third-order valence-electron chi connectivity index (χ3n) is 10.7. The zero-order valence-electron chi connectivity index (χ0n) is 28.8. The van der Waals surface area contributed by atoms with Gasteiger partial charge < -0.3 is 9.80 Å². The van der Waals surface area contributed by atoms with Gasteiger partial charge in [0.2, 0.25) is 11.8 Å². The van der Waals surface area contributed by atoms with Gasteiger partial charge in [-0.25, -0.2) is 18.9 Å². The molecule has 268 valence electrons. The minimum atomic E-state index is -0.985. The van der Waals surface area contributed by atoms with E-state index in [2.05, 4.69) is 25.0 Å². The van der Waals surface area contributed by atoms with Gasteiger partial charge in [-0.1, -0.05) is 24.3 Å². The van der Waals surface area contributed by atoms with Crippen LogP contribution in [-0.2, 0) is 16.1 Å². The number of piperazine rings is 1. The number of imide groups is 2. The summed E-state index contributed by atoms with van der Waals surface area (Å²) in [6, 6.07) is 21.0. The molecule has 4 aliphatic rings. The highest BCUT2D eigenvalue weighted by Crippen LogP contribution is 2.36. The smallest absolute Gasteiger partial charge is 0.262 e. The maximum absolute atomic E-state index is 14.1. The van der Waals surface area contributed by atoms with Crippen LogP contribution in [0, 0.1) is 5.82 Å². The van der Waals surface area contributed by atoms with E-state index in [0.29, 0.717) is 12.2 Å². The summed E-state index contributed by atoms with van der Waals surface area (Å²) >= 11 is 0. The molecule has 9 rings (SSSR count). The summed E-state index contributed by atoms with van der Waals surface area (Å²) in [5.41, 5.74) is 4.67. The van der Waals surface area contributed by atoms with Crippen molar-refractivity contribution in [2.24, 2.45) is 0 Å². The molecule has 2 unspecified atom stereocenters. The van der Waals surface area contributed by atoms with Crippen LogP contribution in [0.15, 0.2) is 79.0 Å². The molecule has 4 amide bonds. The fourth-order valence-corrected chi connectivity index (χ4v) is 8.04. The number of hydrogen-bond donors (Lipinski definition) is 1. The number of pyridine rings is 1. The predicted octanol–water partition coefficient (Wildman–Crippen LogP) is 4.00. The van der Waals surface area contributed by atoms with Gasteiger partial charge in [-0.05, 0) is 78.9 Å². The quantitative estimate of drug-likeness (QED) is 0.247. The van der Waals surface area contributed by atoms with Crippen molar-refractivity contribution in [2.75, 3.05) is 42.5 Å². The molecule has 4 aliphatic heterocycles. The van der Waals surface area contributed by atoms with Crippen LogP contribution in [0.25, 0.3) is 17.0 Å². The van der Waals surface area contributed by atoms with Crippen LogP contribution < -0.4 is 15.1 Å². The molecule has 13 nitrogen and oxygen atoms in total. The van der Waals surface area contributed by atoms with E-state index in [1.807, 2.05) is 47.0 Å². The van der Waals surface area contributed by atoms with Crippen molar-refractivity contribution in [3.8, 4) is 11.4 Å². The third-order valence-corrected chi connectivity index (χ3v) is 10.7. The molecule has 5 aromatic rings. The third kappa shape index (κ3) is 5.98. The molecule has 7 heterocycles. The highest BCUT2D eigenvalue weighted by Gasteiger charge is 2.44. The number of halogens is 1. The van der Waals surface area contributed by atoms with Gasteiger partial charge in [-0.15, -0.1) is 5.10 Å². The largest absolute Gasteiger partial charge is 0.354 e. The number of amides is 4. The first-order valence-electron chi connectivity index (χ1n) is 18.0. The molecule has 2 atom stereocenters. The lowest BCUT2D eigenvalue weighted by molar-refractivity contribution is -0.136. The lowest BCUT2D eigenvalue weighted by atomic mass is 10.0. The van der Waals surface area contributed by atoms with Crippen LogP contribution in [0.5, 0.6) is 0 Å². The van der Waals surface area contributed by atoms with Crippen molar-refractivity contribution in [1.29, 1.82) is 0 Å². The molecular formula is C39H36FN9O4. The van der Waals surface area contributed by atoms with Gasteiger partial charge in [0.1, 0.15) is 29.2 Å². The van der Waals surface area contributed by atoms with Crippen LogP contribution >= 0.6 is 0 Å². The second kappa shape index (κ2) is 13.2. The Bertz CT molecular complexity index is 2300. The Morgan fingerprint density at radius 2 is 1.62 bits per heavy atom. The maximum Gasteiger partial charge on any atom is 0.262 e. The number of carbonyl (C=O) groups excluding carboxylic acids is 4. The summed E-state index contributed by atoms with van der Waals surface area (Å²) in [4.78, 5) is 67.9. The number of carbonyl (C=O) groups is 4. The van der Waals surface area contributed by atoms with E-state index in [0.717, 1.165) is 84.6 Å². The number of imidazole rings is 1. The van der Waals surface area contributed by atoms with Gasteiger partial charge in [-0.3, -0.25) is 34.3 Å². The zero-order valence-corrected chi connectivity index (χ0v) is 28.8. The summed E-state index contributed by atoms with van der Waals surface area (Å²) < 4.78 is 15.9. The average molecular weight is 714 g/mol. The monoisotopic (exact) mass is 713 g/mol. The summed E-state index contributed by atoms with van der Waals surface area (Å²) in [5, 5.41) is 7.24. The van der Waals surface area contributed by atoms with Gasteiger partial charge in [0.05, 0.1) is 29.1 Å². The second-order valence-corrected chi connectivity index (χ2v) is 14.0. The van der Waals surface area contributed by atoms with Crippen LogP contribution in [0.4, 0.5) is 16.0 Å². The summed E-state index contributed by atoms with van der Waals surface area (Å²) in [7, 11) is 0. The Morgan fingerprint density at radius 3 is 2.45 bits per heavy atom. The minimum absolute atomic E-state index is 0.0486. The van der Waals surface area contributed by atoms with E-state index >= 15 is 0 Å². The van der Waals surface area contributed by atoms with Gasteiger partial charge in [-0.2, -0.15) is 0 Å². The van der Waals surface area contributed by atoms with E-state index in [1.54, 1.807) is 30.5 Å². The summed E-state index contributed by atoms with van der Waals surface area (Å²) in [5.74, 6) is -0.597. The van der Waals surface area contributed by atoms with Crippen molar-refractivity contribution < 1.29 is 23.6 Å². The lowest BCUT2D eigenvalue weighted by Gasteiger charge is -2.35. The van der Waals surface area contributed by atoms with E-state index in [-0.39, 0.29) is 35.8 Å². The highest BCUT2D eigenvalue weighted by molar-refractivity contribution is 6.23. The average Bonchev–Trinajstić information content (AvgIpc) is 3.89. The Labute approximate surface area is 304 Å². The number of nitrogens with zero attached hydrogens (tertiary/aromatic N) is 8. The second-order valence-electron chi connectivity index (χ2n) is 14.0. The van der Waals surface area contributed by atoms with Crippen molar-refractivity contribution in [3.05, 3.63) is 107 Å². The van der Waals surface area contributed by atoms with E-state index in [1.165, 1.54) is 6.07 Å². The van der Waals surface area contributed by atoms with Gasteiger partial charge in [0, 0.05) is 45.7 Å². The van der Waals surface area contributed by atoms with Gasteiger partial charge >= 0.3 is 0 Å². The molecule has 53 heavy (non-hydrogen) atoms. The first-order chi connectivity index (χ1) is 25.8. The molecule has 3 aromatic heterocycles. The fraction of sp³-hybridized carbons (Fsp3) is 0.308. The molecule has 14 heteroatoms. The number of fused-ring (bicyclic) bond motifs is 2. The summed E-state index contributed by atoms with van der Waals surface area (Å²) in [6.07, 6.45) is 3.92. The van der Waals surface area contributed by atoms with Crippen molar-refractivity contribution in [2.45, 2.75) is 44.3 Å². The standard InChI is InChI=1S/C39H36FN9O4/c40-26-5-1-4-25(21-26)30-7-3-15-47(30)35-13-12-33-41-22-32(49(33)44-35)29-6-2-8-34(42-29)46-18-16-45(17-19-46)23-24-9-10-27-28(20-24)39(53)48(38(27)52)31-11-14-36(50)43-37(31)51/h1-2,4-6,8-10,12-13,20-22,30-31H,3,7,11,14-19,23H2,(H,43,50,51). The van der Waals surface area contributed by atoms with Crippen molar-refractivity contribution in [1.82, 2.24) is 34.7 Å². The van der Waals surface area contributed by atoms with Crippen LogP contribution in [0.3, 0.4) is 0 Å². The molecule has 0 radical (unpaired) electrons. The Hall–Kier alpha value is -6.02. The maximum atomic E-state index is 14.1. The molecule has 3 fully saturated rings. The molecule has 3 saturated heterocycles. The van der Waals surface area contributed by atoms with Gasteiger partial charge in [0.15, 0.2) is 5.65 Å².